The van der Waals surface area contributed by atoms with Crippen LogP contribution in [-0.2, 0) is 30.5 Å². The van der Waals surface area contributed by atoms with Crippen molar-refractivity contribution in [3.8, 4) is 5.88 Å². The van der Waals surface area contributed by atoms with Crippen LogP contribution in [0.1, 0.15) is 54.6 Å². The van der Waals surface area contributed by atoms with Crippen molar-refractivity contribution in [2.24, 2.45) is 14.1 Å². The van der Waals surface area contributed by atoms with E-state index in [1.807, 2.05) is 19.9 Å². The third-order valence-electron chi connectivity index (χ3n) is 6.07. The van der Waals surface area contributed by atoms with Crippen LogP contribution in [0.5, 0.6) is 5.88 Å². The van der Waals surface area contributed by atoms with Crippen molar-refractivity contribution in [1.29, 1.82) is 0 Å². The highest BCUT2D eigenvalue weighted by Gasteiger charge is 2.30. The molecule has 0 saturated heterocycles. The Hall–Kier alpha value is -3.77. The fraction of sp³-hybridized carbons (Fsp3) is 0.320. The predicted octanol–water partition coefficient (Wildman–Crippen LogP) is 3.14. The number of hydrogen-bond donors (Lipinski definition) is 0. The van der Waals surface area contributed by atoms with Gasteiger partial charge in [-0.1, -0.05) is 11.6 Å². The number of rotatable bonds is 7. The summed E-state index contributed by atoms with van der Waals surface area (Å²) in [5, 5.41) is 12.8. The highest BCUT2D eigenvalue weighted by Crippen LogP contribution is 2.33. The first kappa shape index (κ1) is 27.3. The molecule has 0 atom stereocenters. The largest absolute Gasteiger partial charge is 0.403 e. The van der Waals surface area contributed by atoms with Crippen LogP contribution in [0.3, 0.4) is 0 Å². The second kappa shape index (κ2) is 9.84. The second-order valence-corrected chi connectivity index (χ2v) is 11.5. The highest BCUT2D eigenvalue weighted by molar-refractivity contribution is 7.90. The molecule has 11 nitrogen and oxygen atoms in total. The third-order valence-corrected chi connectivity index (χ3v) is 7.69. The molecule has 0 radical (unpaired) electrons. The first-order valence-electron chi connectivity index (χ1n) is 11.5. The first-order chi connectivity index (χ1) is 17.7. The van der Waals surface area contributed by atoms with Gasteiger partial charge < -0.3 is 4.74 Å². The molecule has 0 N–H and O–H groups in total. The topological polar surface area (TPSA) is 131 Å². The van der Waals surface area contributed by atoms with Crippen LogP contribution in [0.15, 0.2) is 29.3 Å². The number of halogens is 1. The van der Waals surface area contributed by atoms with Crippen LogP contribution in [0.2, 0.25) is 5.02 Å². The maximum atomic E-state index is 13.8. The molecule has 0 aliphatic heterocycles. The number of ketones is 1. The van der Waals surface area contributed by atoms with Crippen molar-refractivity contribution in [3.05, 3.63) is 74.4 Å². The molecule has 0 fully saturated rings. The summed E-state index contributed by atoms with van der Waals surface area (Å²) in [6.45, 7) is 6.98. The molecule has 4 aromatic rings. The van der Waals surface area contributed by atoms with Gasteiger partial charge in [0.05, 0.1) is 33.5 Å². The zero-order valence-corrected chi connectivity index (χ0v) is 23.6. The maximum Gasteiger partial charge on any atom is 0.348 e. The van der Waals surface area contributed by atoms with Gasteiger partial charge in [-0.25, -0.2) is 17.9 Å². The van der Waals surface area contributed by atoms with E-state index >= 15 is 0 Å². The lowest BCUT2D eigenvalue weighted by atomic mass is 10.0. The van der Waals surface area contributed by atoms with E-state index in [0.717, 1.165) is 17.6 Å². The van der Waals surface area contributed by atoms with Gasteiger partial charge in [0.1, 0.15) is 11.1 Å². The van der Waals surface area contributed by atoms with E-state index in [9.17, 15) is 18.0 Å². The van der Waals surface area contributed by atoms with Crippen LogP contribution in [0.4, 0.5) is 0 Å². The van der Waals surface area contributed by atoms with Crippen LogP contribution < -0.4 is 4.74 Å². The number of aromatic nitrogens is 6. The van der Waals surface area contributed by atoms with Gasteiger partial charge in [-0.05, 0) is 45.9 Å². The average Bonchev–Trinajstić information content (AvgIpc) is 3.41. The summed E-state index contributed by atoms with van der Waals surface area (Å²) in [5.41, 5.74) is 2.90. The number of carbonyl (C=O) groups is 2. The molecule has 0 amide bonds. The molecule has 0 bridgehead atoms. The predicted molar refractivity (Wildman–Crippen MR) is 140 cm³/mol. The van der Waals surface area contributed by atoms with Gasteiger partial charge in [-0.15, -0.1) is 0 Å². The SMILES string of the molecule is Cc1cc(C)n(Cc2c(S(C)(=O)=O)ccc(C(=O)c3c(C)nn(C)c3OC(=O)c3cn(C)nc3C)c2Cl)n1. The number of ether oxygens (including phenoxy) is 1. The monoisotopic (exact) mass is 558 g/mol. The minimum Gasteiger partial charge on any atom is -0.403 e. The van der Waals surface area contributed by atoms with E-state index in [0.29, 0.717) is 11.4 Å². The minimum absolute atomic E-state index is 0.00628. The summed E-state index contributed by atoms with van der Waals surface area (Å²) in [6, 6.07) is 4.56. The molecule has 0 unspecified atom stereocenters. The molecular formula is C25H27ClN6O5S. The van der Waals surface area contributed by atoms with E-state index in [1.165, 1.54) is 27.7 Å². The Morgan fingerprint density at radius 3 is 2.24 bits per heavy atom. The normalized spacial score (nSPS) is 11.7. The van der Waals surface area contributed by atoms with Gasteiger partial charge >= 0.3 is 5.97 Å². The fourth-order valence-corrected chi connectivity index (χ4v) is 5.65. The van der Waals surface area contributed by atoms with Gasteiger partial charge in [0.25, 0.3) is 0 Å². The van der Waals surface area contributed by atoms with Crippen molar-refractivity contribution >= 4 is 33.2 Å². The Morgan fingerprint density at radius 1 is 1.00 bits per heavy atom. The quantitative estimate of drug-likeness (QED) is 0.250. The van der Waals surface area contributed by atoms with Crippen LogP contribution in [0, 0.1) is 27.7 Å². The Morgan fingerprint density at radius 2 is 1.68 bits per heavy atom. The number of hydrogen-bond acceptors (Lipinski definition) is 8. The summed E-state index contributed by atoms with van der Waals surface area (Å²) in [5.74, 6) is -1.33. The van der Waals surface area contributed by atoms with Gasteiger partial charge in [0.2, 0.25) is 11.7 Å². The van der Waals surface area contributed by atoms with Crippen molar-refractivity contribution in [2.75, 3.05) is 6.26 Å². The zero-order valence-electron chi connectivity index (χ0n) is 22.0. The number of benzene rings is 1. The lowest BCUT2D eigenvalue weighted by molar-refractivity contribution is 0.0717. The number of esters is 1. The Kier molecular flexibility index (Phi) is 7.06. The van der Waals surface area contributed by atoms with Crippen LogP contribution in [-0.4, -0.2) is 55.8 Å². The maximum absolute atomic E-state index is 13.8. The van der Waals surface area contributed by atoms with Gasteiger partial charge in [-0.3, -0.25) is 14.2 Å². The van der Waals surface area contributed by atoms with E-state index in [2.05, 4.69) is 15.3 Å². The van der Waals surface area contributed by atoms with E-state index < -0.39 is 21.6 Å². The molecule has 1 aromatic carbocycles. The molecule has 200 valence electrons. The van der Waals surface area contributed by atoms with Gasteiger partial charge in [0.15, 0.2) is 9.84 Å². The second-order valence-electron chi connectivity index (χ2n) is 9.17. The van der Waals surface area contributed by atoms with Gasteiger partial charge in [-0.2, -0.15) is 15.3 Å². The number of sulfone groups is 1. The molecule has 13 heteroatoms. The first-order valence-corrected chi connectivity index (χ1v) is 13.8. The summed E-state index contributed by atoms with van der Waals surface area (Å²) < 4.78 is 35.2. The van der Waals surface area contributed by atoms with Crippen LogP contribution >= 0.6 is 11.6 Å². The summed E-state index contributed by atoms with van der Waals surface area (Å²) in [6.07, 6.45) is 2.60. The molecule has 4 rings (SSSR count). The Labute approximate surface area is 224 Å². The summed E-state index contributed by atoms with van der Waals surface area (Å²) in [7, 11) is -0.455. The van der Waals surface area contributed by atoms with Crippen molar-refractivity contribution in [2.45, 2.75) is 39.1 Å². The molecule has 3 heterocycles. The molecule has 0 saturated carbocycles. The van der Waals surface area contributed by atoms with Crippen molar-refractivity contribution in [3.63, 3.8) is 0 Å². The number of nitrogens with zero attached hydrogens (tertiary/aromatic N) is 6. The van der Waals surface area contributed by atoms with E-state index in [-0.39, 0.29) is 44.6 Å². The molecule has 3 aromatic heterocycles. The zero-order chi connectivity index (χ0) is 28.1. The van der Waals surface area contributed by atoms with Crippen molar-refractivity contribution < 1.29 is 22.7 Å². The smallest absolute Gasteiger partial charge is 0.348 e. The highest BCUT2D eigenvalue weighted by atomic mass is 35.5. The number of aryl methyl sites for hydroxylation is 6. The fourth-order valence-electron chi connectivity index (χ4n) is 4.35. The van der Waals surface area contributed by atoms with Crippen molar-refractivity contribution in [1.82, 2.24) is 29.3 Å². The molecular weight excluding hydrogens is 532 g/mol. The molecule has 0 aliphatic carbocycles. The molecule has 38 heavy (non-hydrogen) atoms. The lowest BCUT2D eigenvalue weighted by Crippen LogP contribution is -2.16. The molecule has 0 spiro atoms. The van der Waals surface area contributed by atoms with E-state index in [1.54, 1.807) is 32.6 Å². The lowest BCUT2D eigenvalue weighted by Gasteiger charge is -2.15. The molecule has 0 aliphatic rings. The Balaban J connectivity index is 1.81. The van der Waals surface area contributed by atoms with Crippen LogP contribution in [0.25, 0.3) is 0 Å². The standard InChI is InChI=1S/C25H27ClN6O5S/c1-13-10-14(2)32(27-13)12-19-20(38(7,35)36)9-8-17(22(19)26)23(33)21-16(4)29-31(6)24(21)37-25(34)18-11-30(5)28-15(18)3/h8-11H,12H2,1-7H3. The summed E-state index contributed by atoms with van der Waals surface area (Å²) >= 11 is 6.74. The number of carbonyl (C=O) groups excluding carboxylic acids is 2. The van der Waals surface area contributed by atoms with E-state index in [4.69, 9.17) is 16.3 Å². The summed E-state index contributed by atoms with van der Waals surface area (Å²) in [4.78, 5) is 26.7. The average molecular weight is 559 g/mol. The van der Waals surface area contributed by atoms with Gasteiger partial charge in [0, 0.05) is 43.4 Å². The Bertz CT molecular complexity index is 1710. The minimum atomic E-state index is -3.68. The third kappa shape index (κ3) is 5.01.